The summed E-state index contributed by atoms with van der Waals surface area (Å²) in [5.41, 5.74) is -0.0671. The molecule has 8 heteroatoms. The fourth-order valence-corrected chi connectivity index (χ4v) is 0.662. The lowest BCUT2D eigenvalue weighted by molar-refractivity contribution is 0.111. The number of carbonyl (C=O) groups is 1. The molecule has 0 saturated heterocycles. The van der Waals surface area contributed by atoms with Gasteiger partial charge in [0.25, 0.3) is 0 Å². The van der Waals surface area contributed by atoms with Crippen LogP contribution >= 0.6 is 0 Å². The van der Waals surface area contributed by atoms with E-state index in [4.69, 9.17) is 29.4 Å². The molecule has 0 amide bonds. The minimum atomic E-state index is -4.61. The zero-order chi connectivity index (χ0) is 12.1. The van der Waals surface area contributed by atoms with E-state index in [-0.39, 0.29) is 17.1 Å². The van der Waals surface area contributed by atoms with Crippen molar-refractivity contribution in [3.8, 4) is 11.5 Å². The quantitative estimate of drug-likeness (QED) is 0.251. The molecule has 0 bridgehead atoms. The van der Waals surface area contributed by atoms with Gasteiger partial charge in [-0.2, -0.15) is 0 Å². The molecule has 0 aromatic heterocycles. The van der Waals surface area contributed by atoms with E-state index < -0.39 is 9.05 Å². The summed E-state index contributed by atoms with van der Waals surface area (Å²) in [6, 6.07) is 4.13. The monoisotopic (exact) mass is 234 g/mol. The maximum absolute atomic E-state index is 10.1. The van der Waals surface area contributed by atoms with Crippen molar-refractivity contribution in [2.24, 2.45) is 0 Å². The van der Waals surface area contributed by atoms with Crippen LogP contribution < -0.4 is 0 Å². The van der Waals surface area contributed by atoms with Gasteiger partial charge in [-0.3, -0.25) is 4.79 Å². The first kappa shape index (κ1) is 13.5. The lowest BCUT2D eigenvalue weighted by atomic mass is 10.2. The average molecular weight is 234 g/mol. The van der Waals surface area contributed by atoms with Gasteiger partial charge in [0.05, 0.1) is 5.56 Å². The molecule has 0 fully saturated rings. The molecule has 0 aliphatic heterocycles. The molecular formula is C7H10O7Si. The van der Waals surface area contributed by atoms with Gasteiger partial charge >= 0.3 is 9.05 Å². The van der Waals surface area contributed by atoms with E-state index in [1.807, 2.05) is 0 Å². The molecule has 1 rings (SSSR count). The van der Waals surface area contributed by atoms with Crippen LogP contribution in [0.15, 0.2) is 18.2 Å². The van der Waals surface area contributed by atoms with Crippen molar-refractivity contribution >= 4 is 15.3 Å². The first-order valence-corrected chi connectivity index (χ1v) is 5.40. The zero-order valence-electron chi connectivity index (χ0n) is 7.40. The minimum Gasteiger partial charge on any atom is -0.507 e. The third kappa shape index (κ3) is 6.60. The summed E-state index contributed by atoms with van der Waals surface area (Å²) in [6.45, 7) is 0. The van der Waals surface area contributed by atoms with Crippen molar-refractivity contribution in [2.75, 3.05) is 0 Å². The molecule has 6 N–H and O–H groups in total. The second-order valence-corrected chi connectivity index (χ2v) is 3.63. The van der Waals surface area contributed by atoms with E-state index in [0.29, 0.717) is 6.29 Å². The van der Waals surface area contributed by atoms with Crippen molar-refractivity contribution in [2.45, 2.75) is 0 Å². The summed E-state index contributed by atoms with van der Waals surface area (Å²) in [6.07, 6.45) is 0.407. The fourth-order valence-electron chi connectivity index (χ4n) is 0.662. The van der Waals surface area contributed by atoms with Crippen LogP contribution in [0.5, 0.6) is 11.5 Å². The molecule has 0 atom stereocenters. The van der Waals surface area contributed by atoms with E-state index in [2.05, 4.69) is 0 Å². The van der Waals surface area contributed by atoms with E-state index in [9.17, 15) is 4.79 Å². The molecule has 1 aromatic rings. The maximum atomic E-state index is 10.1. The highest BCUT2D eigenvalue weighted by atomic mass is 28.4. The largest absolute Gasteiger partial charge is 0.668 e. The van der Waals surface area contributed by atoms with Gasteiger partial charge < -0.3 is 29.4 Å². The SMILES string of the molecule is O=Cc1c(O)cccc1O.O[Si](O)(O)O. The van der Waals surface area contributed by atoms with Crippen LogP contribution in [0.25, 0.3) is 0 Å². The van der Waals surface area contributed by atoms with Gasteiger partial charge in [0.2, 0.25) is 0 Å². The first-order valence-electron chi connectivity index (χ1n) is 3.61. The number of hydrogen-bond acceptors (Lipinski definition) is 7. The van der Waals surface area contributed by atoms with Crippen LogP contribution in [0.4, 0.5) is 0 Å². The number of carbonyl (C=O) groups excluding carboxylic acids is 1. The number of aromatic hydroxyl groups is 2. The molecule has 0 radical (unpaired) electrons. The van der Waals surface area contributed by atoms with Gasteiger partial charge in [-0.15, -0.1) is 0 Å². The number of phenolic OH excluding ortho intramolecular Hbond substituents is 2. The number of hydrogen-bond donors (Lipinski definition) is 6. The molecule has 0 spiro atoms. The average Bonchev–Trinajstić information content (AvgIpc) is 2.01. The summed E-state index contributed by atoms with van der Waals surface area (Å²) < 4.78 is 0. The van der Waals surface area contributed by atoms with Crippen molar-refractivity contribution in [1.82, 2.24) is 0 Å². The predicted molar refractivity (Wildman–Crippen MR) is 49.8 cm³/mol. The third-order valence-electron chi connectivity index (χ3n) is 1.18. The number of rotatable bonds is 1. The van der Waals surface area contributed by atoms with Gasteiger partial charge in [0.15, 0.2) is 6.29 Å². The van der Waals surface area contributed by atoms with E-state index in [1.54, 1.807) is 0 Å². The molecule has 15 heavy (non-hydrogen) atoms. The predicted octanol–water partition coefficient (Wildman–Crippen LogP) is -1.70. The Hall–Kier alpha value is -1.45. The van der Waals surface area contributed by atoms with Crippen LogP contribution in [0.1, 0.15) is 10.4 Å². The van der Waals surface area contributed by atoms with Gasteiger partial charge in [0, 0.05) is 0 Å². The van der Waals surface area contributed by atoms with Crippen LogP contribution in [0, 0.1) is 0 Å². The van der Waals surface area contributed by atoms with Crippen molar-refractivity contribution in [1.29, 1.82) is 0 Å². The molecule has 0 aliphatic rings. The highest BCUT2D eigenvalue weighted by Crippen LogP contribution is 2.23. The Morgan fingerprint density at radius 3 is 1.53 bits per heavy atom. The highest BCUT2D eigenvalue weighted by Gasteiger charge is 2.22. The summed E-state index contributed by atoms with van der Waals surface area (Å²) in [7, 11) is -4.61. The summed E-state index contributed by atoms with van der Waals surface area (Å²) in [5.74, 6) is -0.398. The van der Waals surface area contributed by atoms with E-state index in [1.165, 1.54) is 18.2 Å². The Morgan fingerprint density at radius 2 is 1.33 bits per heavy atom. The van der Waals surface area contributed by atoms with Gasteiger partial charge in [-0.05, 0) is 12.1 Å². The molecule has 0 heterocycles. The smallest absolute Gasteiger partial charge is 0.507 e. The van der Waals surface area contributed by atoms with Gasteiger partial charge in [0.1, 0.15) is 11.5 Å². The number of benzene rings is 1. The van der Waals surface area contributed by atoms with E-state index in [0.717, 1.165) is 0 Å². The fraction of sp³-hybridized carbons (Fsp3) is 0. The summed E-state index contributed by atoms with van der Waals surface area (Å²) >= 11 is 0. The van der Waals surface area contributed by atoms with Crippen LogP contribution in [0.3, 0.4) is 0 Å². The Morgan fingerprint density at radius 1 is 1.00 bits per heavy atom. The highest BCUT2D eigenvalue weighted by molar-refractivity contribution is 6.46. The Balaban J connectivity index is 0.000000336. The standard InChI is InChI=1S/C7H6O3.H4O4Si/c8-4-5-6(9)2-1-3-7(5)10;1-5(2,3)4/h1-4,9-10H;1-4H. The first-order chi connectivity index (χ1) is 6.75. The van der Waals surface area contributed by atoms with Crippen molar-refractivity contribution in [3.05, 3.63) is 23.8 Å². The second-order valence-electron chi connectivity index (χ2n) is 2.43. The van der Waals surface area contributed by atoms with Crippen LogP contribution in [-0.2, 0) is 0 Å². The van der Waals surface area contributed by atoms with Crippen LogP contribution in [-0.4, -0.2) is 44.7 Å². The Bertz CT molecular complexity index is 306. The van der Waals surface area contributed by atoms with Gasteiger partial charge in [-0.1, -0.05) is 6.07 Å². The molecule has 0 unspecified atom stereocenters. The summed E-state index contributed by atoms with van der Waals surface area (Å²) in [5, 5.41) is 17.8. The second kappa shape index (κ2) is 5.43. The van der Waals surface area contributed by atoms with Crippen molar-refractivity contribution in [3.63, 3.8) is 0 Å². The zero-order valence-corrected chi connectivity index (χ0v) is 8.40. The number of phenols is 2. The normalized spacial score (nSPS) is 10.1. The van der Waals surface area contributed by atoms with E-state index >= 15 is 0 Å². The molecule has 0 aliphatic carbocycles. The van der Waals surface area contributed by atoms with Gasteiger partial charge in [-0.25, -0.2) is 0 Å². The van der Waals surface area contributed by atoms with Crippen LogP contribution in [0.2, 0.25) is 0 Å². The minimum absolute atomic E-state index is 0.0671. The molecule has 7 nitrogen and oxygen atoms in total. The molecule has 0 saturated carbocycles. The van der Waals surface area contributed by atoms with Crippen molar-refractivity contribution < 1.29 is 34.2 Å². The lowest BCUT2D eigenvalue weighted by Crippen LogP contribution is -2.33. The lowest BCUT2D eigenvalue weighted by Gasteiger charge is -1.97. The maximum Gasteiger partial charge on any atom is 0.668 e. The third-order valence-corrected chi connectivity index (χ3v) is 1.18. The molecule has 1 aromatic carbocycles. The molecule has 84 valence electrons. The molecular weight excluding hydrogens is 224 g/mol. The topological polar surface area (TPSA) is 138 Å². The number of aldehydes is 1. The Kier molecular flexibility index (Phi) is 4.91. The summed E-state index contributed by atoms with van der Waals surface area (Å²) in [4.78, 5) is 39.4. The Labute approximate surface area is 85.6 Å².